The van der Waals surface area contributed by atoms with E-state index in [0.717, 1.165) is 5.92 Å². The summed E-state index contributed by atoms with van der Waals surface area (Å²) in [5.41, 5.74) is 0. The van der Waals surface area contributed by atoms with Gasteiger partial charge in [0.15, 0.2) is 0 Å². The van der Waals surface area contributed by atoms with E-state index in [1.54, 1.807) is 7.11 Å². The molecule has 1 nitrogen and oxygen atoms in total. The Morgan fingerprint density at radius 2 is 2.08 bits per heavy atom. The average molecular weight is 203 g/mol. The lowest BCUT2D eigenvalue weighted by Gasteiger charge is -2.27. The molecule has 0 aromatic heterocycles. The fourth-order valence-electron chi connectivity index (χ4n) is 2.08. The molecule has 13 heavy (non-hydrogen) atoms. The first-order chi connectivity index (χ1) is 6.38. The lowest BCUT2D eigenvalue weighted by Crippen LogP contribution is -2.22. The minimum Gasteiger partial charge on any atom is -0.377 e. The molecule has 1 aliphatic rings. The standard InChI is InChI=1S/C11H19ClO/c1-13-11(8-5-9-12)10-6-3-2-4-7-10/h5,8,10-11H,2-4,6-7,9H2,1H3/b8-5+. The van der Waals surface area contributed by atoms with Crippen LogP contribution in [-0.2, 0) is 4.74 Å². The van der Waals surface area contributed by atoms with Crippen LogP contribution in [0.5, 0.6) is 0 Å². The molecule has 1 saturated carbocycles. The number of halogens is 1. The van der Waals surface area contributed by atoms with Gasteiger partial charge in [-0.1, -0.05) is 31.4 Å². The first kappa shape index (κ1) is 11.1. The van der Waals surface area contributed by atoms with E-state index in [9.17, 15) is 0 Å². The van der Waals surface area contributed by atoms with Crippen molar-refractivity contribution < 1.29 is 4.74 Å². The summed E-state index contributed by atoms with van der Waals surface area (Å²) in [5.74, 6) is 1.31. The van der Waals surface area contributed by atoms with Crippen molar-refractivity contribution in [3.63, 3.8) is 0 Å². The van der Waals surface area contributed by atoms with E-state index in [1.807, 2.05) is 6.08 Å². The van der Waals surface area contributed by atoms with E-state index in [0.29, 0.717) is 12.0 Å². The number of hydrogen-bond acceptors (Lipinski definition) is 1. The van der Waals surface area contributed by atoms with E-state index in [-0.39, 0.29) is 0 Å². The number of methoxy groups -OCH3 is 1. The molecule has 76 valence electrons. The number of hydrogen-bond donors (Lipinski definition) is 0. The van der Waals surface area contributed by atoms with E-state index in [4.69, 9.17) is 16.3 Å². The molecule has 0 aromatic carbocycles. The van der Waals surface area contributed by atoms with Crippen LogP contribution in [0.1, 0.15) is 32.1 Å². The smallest absolute Gasteiger partial charge is 0.0780 e. The Labute approximate surface area is 86.1 Å². The quantitative estimate of drug-likeness (QED) is 0.502. The highest BCUT2D eigenvalue weighted by atomic mass is 35.5. The monoisotopic (exact) mass is 202 g/mol. The second-order valence-electron chi connectivity index (χ2n) is 3.68. The Kier molecular flexibility index (Phi) is 5.49. The zero-order chi connectivity index (χ0) is 9.52. The Balaban J connectivity index is 2.39. The normalized spacial score (nSPS) is 22.3. The van der Waals surface area contributed by atoms with Crippen molar-refractivity contribution in [2.24, 2.45) is 5.92 Å². The summed E-state index contributed by atoms with van der Waals surface area (Å²) in [6.07, 6.45) is 11.1. The molecule has 0 saturated heterocycles. The molecule has 0 N–H and O–H groups in total. The number of rotatable bonds is 4. The molecule has 0 amide bonds. The van der Waals surface area contributed by atoms with Crippen molar-refractivity contribution in [1.82, 2.24) is 0 Å². The van der Waals surface area contributed by atoms with Gasteiger partial charge in [-0.2, -0.15) is 0 Å². The predicted molar refractivity (Wildman–Crippen MR) is 57.2 cm³/mol. The van der Waals surface area contributed by atoms with Gasteiger partial charge in [0.25, 0.3) is 0 Å². The molecule has 1 unspecified atom stereocenters. The molecule has 0 aliphatic heterocycles. The fraction of sp³-hybridized carbons (Fsp3) is 0.818. The van der Waals surface area contributed by atoms with Crippen LogP contribution >= 0.6 is 11.6 Å². The van der Waals surface area contributed by atoms with Gasteiger partial charge in [0, 0.05) is 13.0 Å². The van der Waals surface area contributed by atoms with Crippen LogP contribution in [0.3, 0.4) is 0 Å². The molecule has 0 heterocycles. The molecular weight excluding hydrogens is 184 g/mol. The second kappa shape index (κ2) is 6.44. The van der Waals surface area contributed by atoms with E-state index in [2.05, 4.69) is 6.08 Å². The zero-order valence-corrected chi connectivity index (χ0v) is 9.09. The summed E-state index contributed by atoms with van der Waals surface area (Å²) >= 11 is 5.60. The van der Waals surface area contributed by atoms with Crippen molar-refractivity contribution in [1.29, 1.82) is 0 Å². The van der Waals surface area contributed by atoms with Crippen LogP contribution in [0.15, 0.2) is 12.2 Å². The number of alkyl halides is 1. The topological polar surface area (TPSA) is 9.23 Å². The third-order valence-corrected chi connectivity index (χ3v) is 2.98. The van der Waals surface area contributed by atoms with Crippen LogP contribution in [-0.4, -0.2) is 19.1 Å². The van der Waals surface area contributed by atoms with Crippen LogP contribution in [0.4, 0.5) is 0 Å². The maximum absolute atomic E-state index is 5.60. The van der Waals surface area contributed by atoms with Gasteiger partial charge in [-0.05, 0) is 18.8 Å². The van der Waals surface area contributed by atoms with Crippen molar-refractivity contribution in [3.05, 3.63) is 12.2 Å². The average Bonchev–Trinajstić information content (AvgIpc) is 2.21. The number of ether oxygens (including phenoxy) is 1. The van der Waals surface area contributed by atoms with Crippen LogP contribution in [0.25, 0.3) is 0 Å². The maximum atomic E-state index is 5.60. The van der Waals surface area contributed by atoms with Crippen LogP contribution < -0.4 is 0 Å². The molecule has 0 spiro atoms. The Morgan fingerprint density at radius 3 is 2.62 bits per heavy atom. The molecule has 1 fully saturated rings. The van der Waals surface area contributed by atoms with Gasteiger partial charge in [-0.3, -0.25) is 0 Å². The first-order valence-electron chi connectivity index (χ1n) is 5.14. The minimum absolute atomic E-state index is 0.291. The number of allylic oxidation sites excluding steroid dienone is 1. The molecule has 0 aromatic rings. The van der Waals surface area contributed by atoms with Gasteiger partial charge in [-0.25, -0.2) is 0 Å². The Morgan fingerprint density at radius 1 is 1.38 bits per heavy atom. The lowest BCUT2D eigenvalue weighted by molar-refractivity contribution is 0.0719. The van der Waals surface area contributed by atoms with E-state index < -0.39 is 0 Å². The molecule has 0 bridgehead atoms. The molecule has 1 rings (SSSR count). The first-order valence-corrected chi connectivity index (χ1v) is 5.67. The molecule has 0 radical (unpaired) electrons. The minimum atomic E-state index is 0.291. The van der Waals surface area contributed by atoms with Crippen LogP contribution in [0.2, 0.25) is 0 Å². The van der Waals surface area contributed by atoms with Crippen molar-refractivity contribution in [2.45, 2.75) is 38.2 Å². The van der Waals surface area contributed by atoms with Crippen molar-refractivity contribution in [3.8, 4) is 0 Å². The largest absolute Gasteiger partial charge is 0.377 e. The molecule has 1 atom stereocenters. The summed E-state index contributed by atoms with van der Waals surface area (Å²) < 4.78 is 5.45. The molecule has 2 heteroatoms. The van der Waals surface area contributed by atoms with Crippen molar-refractivity contribution >= 4 is 11.6 Å². The highest BCUT2D eigenvalue weighted by Gasteiger charge is 2.20. The van der Waals surface area contributed by atoms with Gasteiger partial charge in [-0.15, -0.1) is 11.6 Å². The van der Waals surface area contributed by atoms with Crippen LogP contribution in [0, 0.1) is 5.92 Å². The van der Waals surface area contributed by atoms with Gasteiger partial charge < -0.3 is 4.74 Å². The van der Waals surface area contributed by atoms with E-state index >= 15 is 0 Å². The molecular formula is C11H19ClO. The zero-order valence-electron chi connectivity index (χ0n) is 8.34. The fourth-order valence-corrected chi connectivity index (χ4v) is 2.18. The highest BCUT2D eigenvalue weighted by Crippen LogP contribution is 2.28. The predicted octanol–water partition coefficient (Wildman–Crippen LogP) is 3.38. The van der Waals surface area contributed by atoms with Gasteiger partial charge in [0.1, 0.15) is 0 Å². The summed E-state index contributed by atoms with van der Waals surface area (Å²) in [6, 6.07) is 0. The van der Waals surface area contributed by atoms with Gasteiger partial charge >= 0.3 is 0 Å². The summed E-state index contributed by atoms with van der Waals surface area (Å²) in [5, 5.41) is 0. The summed E-state index contributed by atoms with van der Waals surface area (Å²) in [7, 11) is 1.79. The summed E-state index contributed by atoms with van der Waals surface area (Å²) in [6.45, 7) is 0. The van der Waals surface area contributed by atoms with Gasteiger partial charge in [0.05, 0.1) is 6.10 Å². The lowest BCUT2D eigenvalue weighted by atomic mass is 9.85. The van der Waals surface area contributed by atoms with Gasteiger partial charge in [0.2, 0.25) is 0 Å². The van der Waals surface area contributed by atoms with E-state index in [1.165, 1.54) is 32.1 Å². The molecule has 1 aliphatic carbocycles. The maximum Gasteiger partial charge on any atom is 0.0780 e. The Hall–Kier alpha value is -0.0100. The third kappa shape index (κ3) is 3.70. The summed E-state index contributed by atoms with van der Waals surface area (Å²) in [4.78, 5) is 0. The third-order valence-electron chi connectivity index (χ3n) is 2.80. The second-order valence-corrected chi connectivity index (χ2v) is 3.99. The Bertz CT molecular complexity index is 150. The SMILES string of the molecule is COC(/C=C/CCl)C1CCCCC1. The van der Waals surface area contributed by atoms with Crippen molar-refractivity contribution in [2.75, 3.05) is 13.0 Å². The highest BCUT2D eigenvalue weighted by molar-refractivity contribution is 6.18.